The van der Waals surface area contributed by atoms with Gasteiger partial charge in [-0.1, -0.05) is 12.8 Å². The summed E-state index contributed by atoms with van der Waals surface area (Å²) in [5.74, 6) is -0.345. The third-order valence-corrected chi connectivity index (χ3v) is 2.94. The second-order valence-corrected chi connectivity index (χ2v) is 5.15. The van der Waals surface area contributed by atoms with Gasteiger partial charge in [0.05, 0.1) is 5.60 Å². The summed E-state index contributed by atoms with van der Waals surface area (Å²) in [6.07, 6.45) is 3.52. The molecule has 1 aliphatic rings. The molecule has 0 atom stereocenters. The predicted octanol–water partition coefficient (Wildman–Crippen LogP) is 0.521. The third-order valence-electron chi connectivity index (χ3n) is 2.94. The summed E-state index contributed by atoms with van der Waals surface area (Å²) in [5.41, 5.74) is -2.10. The molecule has 0 bridgehead atoms. The van der Waals surface area contributed by atoms with Gasteiger partial charge in [0.2, 0.25) is 0 Å². The lowest BCUT2D eigenvalue weighted by Crippen LogP contribution is -2.49. The van der Waals surface area contributed by atoms with Crippen LogP contribution in [0.4, 0.5) is 0 Å². The van der Waals surface area contributed by atoms with Crippen molar-refractivity contribution in [3.05, 3.63) is 0 Å². The molecule has 0 spiro atoms. The first-order chi connectivity index (χ1) is 6.75. The monoisotopic (exact) mass is 215 g/mol. The van der Waals surface area contributed by atoms with E-state index in [1.807, 2.05) is 0 Å². The summed E-state index contributed by atoms with van der Waals surface area (Å²) in [6.45, 7) is 3.24. The molecule has 88 valence electrons. The molecule has 0 saturated heterocycles. The highest BCUT2D eigenvalue weighted by Gasteiger charge is 2.36. The van der Waals surface area contributed by atoms with Gasteiger partial charge in [-0.15, -0.1) is 0 Å². The Kier molecular flexibility index (Phi) is 3.41. The second kappa shape index (κ2) is 4.10. The molecule has 0 aromatic heterocycles. The summed E-state index contributed by atoms with van der Waals surface area (Å²) in [5, 5.41) is 19.6. The van der Waals surface area contributed by atoms with E-state index in [1.165, 1.54) is 18.7 Å². The predicted molar refractivity (Wildman–Crippen MR) is 57.4 cm³/mol. The van der Waals surface area contributed by atoms with E-state index in [1.54, 1.807) is 7.05 Å². The molecule has 0 unspecified atom stereocenters. The van der Waals surface area contributed by atoms with Crippen molar-refractivity contribution in [3.8, 4) is 0 Å². The largest absolute Gasteiger partial charge is 0.388 e. The molecular weight excluding hydrogens is 194 g/mol. The average molecular weight is 215 g/mol. The summed E-state index contributed by atoms with van der Waals surface area (Å²) >= 11 is 0. The van der Waals surface area contributed by atoms with Crippen LogP contribution in [0.25, 0.3) is 0 Å². The van der Waals surface area contributed by atoms with Crippen molar-refractivity contribution in [1.82, 2.24) is 4.90 Å². The number of aliphatic hydroxyl groups is 2. The lowest BCUT2D eigenvalue weighted by atomic mass is 10.0. The van der Waals surface area contributed by atoms with Crippen LogP contribution in [0.3, 0.4) is 0 Å². The van der Waals surface area contributed by atoms with Gasteiger partial charge in [-0.25, -0.2) is 0 Å². The molecule has 1 rings (SSSR count). The molecular formula is C11H21NO3. The van der Waals surface area contributed by atoms with Crippen molar-refractivity contribution in [3.63, 3.8) is 0 Å². The average Bonchev–Trinajstić information content (AvgIpc) is 2.48. The fourth-order valence-electron chi connectivity index (χ4n) is 2.17. The summed E-state index contributed by atoms with van der Waals surface area (Å²) < 4.78 is 0. The van der Waals surface area contributed by atoms with Crippen molar-refractivity contribution in [2.24, 2.45) is 0 Å². The van der Waals surface area contributed by atoms with Gasteiger partial charge in [0.15, 0.2) is 0 Å². The molecule has 4 nitrogen and oxygen atoms in total. The first-order valence-corrected chi connectivity index (χ1v) is 5.45. The number of likely N-dealkylation sites (N-methyl/N-ethyl adjacent to an activating group) is 1. The van der Waals surface area contributed by atoms with Crippen LogP contribution >= 0.6 is 0 Å². The maximum absolute atomic E-state index is 11.7. The zero-order valence-corrected chi connectivity index (χ0v) is 9.79. The van der Waals surface area contributed by atoms with Crippen LogP contribution in [0.5, 0.6) is 0 Å². The summed E-state index contributed by atoms with van der Waals surface area (Å²) in [6, 6.07) is 0. The highest BCUT2D eigenvalue weighted by atomic mass is 16.3. The minimum Gasteiger partial charge on any atom is -0.388 e. The molecule has 1 saturated carbocycles. The van der Waals surface area contributed by atoms with Gasteiger partial charge in [0.1, 0.15) is 5.60 Å². The zero-order valence-electron chi connectivity index (χ0n) is 9.79. The van der Waals surface area contributed by atoms with Crippen LogP contribution in [0, 0.1) is 0 Å². The van der Waals surface area contributed by atoms with E-state index in [-0.39, 0.29) is 5.91 Å². The molecule has 0 aromatic carbocycles. The lowest BCUT2D eigenvalue weighted by molar-refractivity contribution is -0.149. The van der Waals surface area contributed by atoms with Crippen molar-refractivity contribution in [1.29, 1.82) is 0 Å². The second-order valence-electron chi connectivity index (χ2n) is 5.15. The molecule has 0 aliphatic heterocycles. The first kappa shape index (κ1) is 12.5. The Morgan fingerprint density at radius 1 is 1.40 bits per heavy atom. The fourth-order valence-corrected chi connectivity index (χ4v) is 2.17. The quantitative estimate of drug-likeness (QED) is 0.721. The van der Waals surface area contributed by atoms with E-state index in [0.717, 1.165) is 25.7 Å². The van der Waals surface area contributed by atoms with Crippen molar-refractivity contribution >= 4 is 5.91 Å². The van der Waals surface area contributed by atoms with E-state index >= 15 is 0 Å². The Hall–Kier alpha value is -0.610. The Morgan fingerprint density at radius 3 is 2.27 bits per heavy atom. The third kappa shape index (κ3) is 3.18. The summed E-state index contributed by atoms with van der Waals surface area (Å²) in [4.78, 5) is 13.1. The van der Waals surface area contributed by atoms with Gasteiger partial charge in [0, 0.05) is 13.6 Å². The first-order valence-electron chi connectivity index (χ1n) is 5.45. The zero-order chi connectivity index (χ0) is 11.7. The van der Waals surface area contributed by atoms with E-state index in [0.29, 0.717) is 6.54 Å². The van der Waals surface area contributed by atoms with Crippen LogP contribution < -0.4 is 0 Å². The van der Waals surface area contributed by atoms with Crippen LogP contribution in [0.2, 0.25) is 0 Å². The van der Waals surface area contributed by atoms with Gasteiger partial charge >= 0.3 is 0 Å². The highest BCUT2D eigenvalue weighted by Crippen LogP contribution is 2.30. The number of nitrogens with zero attached hydrogens (tertiary/aromatic N) is 1. The molecule has 4 heteroatoms. The van der Waals surface area contributed by atoms with Crippen LogP contribution in [-0.2, 0) is 4.79 Å². The van der Waals surface area contributed by atoms with Crippen molar-refractivity contribution < 1.29 is 15.0 Å². The van der Waals surface area contributed by atoms with Crippen molar-refractivity contribution in [2.75, 3.05) is 13.6 Å². The Bertz CT molecular complexity index is 239. The topological polar surface area (TPSA) is 60.8 Å². The molecule has 15 heavy (non-hydrogen) atoms. The van der Waals surface area contributed by atoms with Crippen LogP contribution in [0.1, 0.15) is 39.5 Å². The molecule has 0 radical (unpaired) electrons. The Labute approximate surface area is 90.9 Å². The fraction of sp³-hybridized carbons (Fsp3) is 0.909. The van der Waals surface area contributed by atoms with Crippen molar-refractivity contribution in [2.45, 2.75) is 50.7 Å². The normalized spacial score (nSPS) is 20.3. The smallest absolute Gasteiger partial charge is 0.253 e. The summed E-state index contributed by atoms with van der Waals surface area (Å²) in [7, 11) is 1.62. The molecule has 0 heterocycles. The van der Waals surface area contributed by atoms with E-state index in [4.69, 9.17) is 0 Å². The standard InChI is InChI=1S/C11H21NO3/c1-10(2,14)9(13)12(3)8-11(15)6-4-5-7-11/h14-15H,4-8H2,1-3H3. The number of amides is 1. The van der Waals surface area contributed by atoms with Gasteiger partial charge in [0.25, 0.3) is 5.91 Å². The Balaban J connectivity index is 2.55. The van der Waals surface area contributed by atoms with Gasteiger partial charge in [-0.2, -0.15) is 0 Å². The molecule has 2 N–H and O–H groups in total. The van der Waals surface area contributed by atoms with Crippen LogP contribution in [0.15, 0.2) is 0 Å². The number of carbonyl (C=O) groups excluding carboxylic acids is 1. The maximum atomic E-state index is 11.7. The molecule has 1 fully saturated rings. The Morgan fingerprint density at radius 2 is 1.87 bits per heavy atom. The SMILES string of the molecule is CN(CC1(O)CCCC1)C(=O)C(C)(C)O. The highest BCUT2D eigenvalue weighted by molar-refractivity contribution is 5.83. The maximum Gasteiger partial charge on any atom is 0.253 e. The number of carbonyl (C=O) groups is 1. The van der Waals surface area contributed by atoms with Crippen LogP contribution in [-0.4, -0.2) is 45.8 Å². The minimum atomic E-state index is -1.36. The molecule has 1 aliphatic carbocycles. The van der Waals surface area contributed by atoms with E-state index < -0.39 is 11.2 Å². The number of hydrogen-bond donors (Lipinski definition) is 2. The van der Waals surface area contributed by atoms with Gasteiger partial charge < -0.3 is 15.1 Å². The van der Waals surface area contributed by atoms with E-state index in [9.17, 15) is 15.0 Å². The lowest BCUT2D eigenvalue weighted by Gasteiger charge is -2.31. The van der Waals surface area contributed by atoms with Gasteiger partial charge in [-0.3, -0.25) is 4.79 Å². The van der Waals surface area contributed by atoms with E-state index in [2.05, 4.69) is 0 Å². The number of rotatable bonds is 3. The minimum absolute atomic E-state index is 0.315. The molecule has 0 aromatic rings. The number of hydrogen-bond acceptors (Lipinski definition) is 3. The van der Waals surface area contributed by atoms with Gasteiger partial charge in [-0.05, 0) is 26.7 Å². The molecule has 1 amide bonds.